The Hall–Kier alpha value is -2.24. The number of carbonyl (C=O) groups is 1. The van der Waals surface area contributed by atoms with Gasteiger partial charge in [0.05, 0.1) is 0 Å². The first-order valence-corrected chi connectivity index (χ1v) is 6.64. The van der Waals surface area contributed by atoms with Gasteiger partial charge >= 0.3 is 0 Å². The van der Waals surface area contributed by atoms with Gasteiger partial charge in [-0.25, -0.2) is 14.3 Å². The van der Waals surface area contributed by atoms with Gasteiger partial charge in [0, 0.05) is 5.56 Å². The first kappa shape index (κ1) is 16.8. The average Bonchev–Trinajstić information content (AvgIpc) is 2.48. The quantitative estimate of drug-likeness (QED) is 0.304. The molecule has 4 nitrogen and oxygen atoms in total. The van der Waals surface area contributed by atoms with E-state index in [1.807, 2.05) is 0 Å². The van der Waals surface area contributed by atoms with Crippen LogP contribution in [0.5, 0.6) is 0 Å². The van der Waals surface area contributed by atoms with Crippen molar-refractivity contribution in [1.29, 1.82) is 10.9 Å². The van der Waals surface area contributed by atoms with Crippen LogP contribution in [-0.2, 0) is 11.2 Å². The van der Waals surface area contributed by atoms with Gasteiger partial charge in [-0.1, -0.05) is 18.6 Å². The van der Waals surface area contributed by atoms with Crippen LogP contribution in [0.15, 0.2) is 35.1 Å². The molecule has 6 heteroatoms. The van der Waals surface area contributed by atoms with Crippen LogP contribution in [0.4, 0.5) is 8.78 Å². The molecule has 112 valence electrons. The Balaban J connectivity index is 2.35. The molecule has 1 aromatic rings. The lowest BCUT2D eigenvalue weighted by Crippen LogP contribution is -1.99. The molecule has 2 N–H and O–H groups in total. The van der Waals surface area contributed by atoms with Gasteiger partial charge in [0.1, 0.15) is 23.0 Å². The summed E-state index contributed by atoms with van der Waals surface area (Å²) in [5.74, 6) is -1.05. The van der Waals surface area contributed by atoms with E-state index in [-0.39, 0.29) is 17.0 Å². The molecule has 0 unspecified atom stereocenters. The number of allylic oxidation sites excluding steroid dienone is 2. The summed E-state index contributed by atoms with van der Waals surface area (Å²) >= 11 is 0. The topological polar surface area (TPSA) is 77.1 Å². The number of halogens is 2. The maximum atomic E-state index is 13.4. The van der Waals surface area contributed by atoms with Crippen LogP contribution >= 0.6 is 0 Å². The second kappa shape index (κ2) is 8.84. The molecule has 0 atom stereocenters. The lowest BCUT2D eigenvalue weighted by molar-refractivity contribution is -0.102. The molecule has 1 aromatic carbocycles. The molecular formula is C15H17F2N3O. The number of carbonyl (C=O) groups excluding carboxylic acids is 1. The molecule has 0 heterocycles. The van der Waals surface area contributed by atoms with E-state index in [0.717, 1.165) is 12.8 Å². The van der Waals surface area contributed by atoms with E-state index >= 15 is 0 Å². The summed E-state index contributed by atoms with van der Waals surface area (Å²) in [6.07, 6.45) is 4.92. The molecule has 0 aliphatic heterocycles. The summed E-state index contributed by atoms with van der Waals surface area (Å²) < 4.78 is 26.7. The highest BCUT2D eigenvalue weighted by molar-refractivity contribution is 6.34. The molecular weight excluding hydrogens is 276 g/mol. The van der Waals surface area contributed by atoms with Gasteiger partial charge in [0.25, 0.3) is 0 Å². The van der Waals surface area contributed by atoms with E-state index in [4.69, 9.17) is 10.9 Å². The summed E-state index contributed by atoms with van der Waals surface area (Å²) in [7, 11) is 0. The van der Waals surface area contributed by atoms with Crippen molar-refractivity contribution in [2.45, 2.75) is 32.1 Å². The Labute approximate surface area is 121 Å². The molecule has 0 fully saturated rings. The van der Waals surface area contributed by atoms with Crippen molar-refractivity contribution < 1.29 is 13.6 Å². The molecule has 0 aliphatic carbocycles. The summed E-state index contributed by atoms with van der Waals surface area (Å²) in [6.45, 7) is 0. The van der Waals surface area contributed by atoms with E-state index in [2.05, 4.69) is 5.11 Å². The fourth-order valence-electron chi connectivity index (χ4n) is 1.91. The zero-order chi connectivity index (χ0) is 15.7. The van der Waals surface area contributed by atoms with E-state index < -0.39 is 11.6 Å². The molecule has 0 saturated carbocycles. The van der Waals surface area contributed by atoms with Gasteiger partial charge in [-0.15, -0.1) is 0 Å². The Morgan fingerprint density at radius 2 is 1.86 bits per heavy atom. The Bertz CT molecular complexity index is 536. The fourth-order valence-corrected chi connectivity index (χ4v) is 1.91. The highest BCUT2D eigenvalue weighted by atomic mass is 19.1. The number of unbranched alkanes of at least 4 members (excludes halogenated alkanes) is 3. The second-order valence-corrected chi connectivity index (χ2v) is 4.53. The van der Waals surface area contributed by atoms with Crippen LogP contribution in [-0.4, -0.2) is 12.0 Å². The standard InChI is InChI=1S/C15H17F2N3O/c16-12-7-5-8-13(17)11(12)6-3-1-2-4-9-15(20-19)14(18)10-21/h5,7-10,18-19H,1-4,6H2/b15-9+,18-14?,20-19?. The first-order chi connectivity index (χ1) is 10.1. The van der Waals surface area contributed by atoms with E-state index in [1.165, 1.54) is 18.2 Å². The molecule has 0 radical (unpaired) electrons. The third-order valence-electron chi connectivity index (χ3n) is 3.04. The van der Waals surface area contributed by atoms with Crippen LogP contribution in [0.2, 0.25) is 0 Å². The second-order valence-electron chi connectivity index (χ2n) is 4.53. The number of nitrogens with one attached hydrogen (secondary N) is 2. The predicted octanol–water partition coefficient (Wildman–Crippen LogP) is 4.20. The summed E-state index contributed by atoms with van der Waals surface area (Å²) in [5, 5.41) is 10.3. The Morgan fingerprint density at radius 1 is 1.19 bits per heavy atom. The summed E-state index contributed by atoms with van der Waals surface area (Å²) in [6, 6.07) is 3.83. The number of aldehydes is 1. The lowest BCUT2D eigenvalue weighted by Gasteiger charge is -2.04. The highest BCUT2D eigenvalue weighted by Gasteiger charge is 2.07. The molecule has 0 aliphatic rings. The largest absolute Gasteiger partial charge is 0.296 e. The van der Waals surface area contributed by atoms with Gasteiger partial charge in [-0.2, -0.15) is 5.11 Å². The molecule has 21 heavy (non-hydrogen) atoms. The Kier molecular flexibility index (Phi) is 7.08. The van der Waals surface area contributed by atoms with Crippen LogP contribution < -0.4 is 0 Å². The monoisotopic (exact) mass is 293 g/mol. The normalized spacial score (nSPS) is 11.2. The number of hydrogen-bond donors (Lipinski definition) is 2. The molecule has 0 saturated heterocycles. The van der Waals surface area contributed by atoms with Gasteiger partial charge < -0.3 is 0 Å². The first-order valence-electron chi connectivity index (χ1n) is 6.64. The fraction of sp³-hybridized carbons (Fsp3) is 0.333. The average molecular weight is 293 g/mol. The number of benzene rings is 1. The minimum atomic E-state index is -0.524. The summed E-state index contributed by atoms with van der Waals surface area (Å²) in [4.78, 5) is 10.4. The SMILES string of the molecule is N=N/C(=C/CCCCCc1c(F)cccc1F)C(=N)C=O. The maximum Gasteiger partial charge on any atom is 0.169 e. The van der Waals surface area contributed by atoms with Crippen LogP contribution in [0.3, 0.4) is 0 Å². The number of nitrogens with zero attached hydrogens (tertiary/aromatic N) is 1. The zero-order valence-corrected chi connectivity index (χ0v) is 11.5. The van der Waals surface area contributed by atoms with Crippen molar-refractivity contribution >= 4 is 12.0 Å². The highest BCUT2D eigenvalue weighted by Crippen LogP contribution is 2.16. The molecule has 0 spiro atoms. The summed E-state index contributed by atoms with van der Waals surface area (Å²) in [5.41, 5.74) is 6.68. The Morgan fingerprint density at radius 3 is 2.43 bits per heavy atom. The minimum Gasteiger partial charge on any atom is -0.296 e. The van der Waals surface area contributed by atoms with Gasteiger partial charge in [-0.3, -0.25) is 10.2 Å². The molecule has 0 amide bonds. The van der Waals surface area contributed by atoms with Crippen LogP contribution in [0.25, 0.3) is 0 Å². The van der Waals surface area contributed by atoms with Crippen molar-refractivity contribution in [3.05, 3.63) is 47.2 Å². The van der Waals surface area contributed by atoms with Crippen molar-refractivity contribution in [3.8, 4) is 0 Å². The molecule has 0 aromatic heterocycles. The number of hydrogen-bond acceptors (Lipinski definition) is 4. The van der Waals surface area contributed by atoms with Crippen molar-refractivity contribution in [3.63, 3.8) is 0 Å². The van der Waals surface area contributed by atoms with E-state index in [9.17, 15) is 13.6 Å². The van der Waals surface area contributed by atoms with Crippen LogP contribution in [0.1, 0.15) is 31.2 Å². The third kappa shape index (κ3) is 5.33. The van der Waals surface area contributed by atoms with E-state index in [0.29, 0.717) is 25.5 Å². The lowest BCUT2D eigenvalue weighted by atomic mass is 10.0. The predicted molar refractivity (Wildman–Crippen MR) is 75.6 cm³/mol. The van der Waals surface area contributed by atoms with Gasteiger partial charge in [-0.05, 0) is 37.8 Å². The van der Waals surface area contributed by atoms with Crippen molar-refractivity contribution in [2.75, 3.05) is 0 Å². The van der Waals surface area contributed by atoms with E-state index in [1.54, 1.807) is 6.08 Å². The zero-order valence-electron chi connectivity index (χ0n) is 11.5. The van der Waals surface area contributed by atoms with Gasteiger partial charge in [0.2, 0.25) is 0 Å². The van der Waals surface area contributed by atoms with Crippen molar-refractivity contribution in [2.24, 2.45) is 5.11 Å². The van der Waals surface area contributed by atoms with Crippen molar-refractivity contribution in [1.82, 2.24) is 0 Å². The molecule has 0 bridgehead atoms. The number of rotatable bonds is 9. The molecule has 1 rings (SSSR count). The van der Waals surface area contributed by atoms with Gasteiger partial charge in [0.15, 0.2) is 6.29 Å². The smallest absolute Gasteiger partial charge is 0.169 e. The van der Waals surface area contributed by atoms with Crippen LogP contribution in [0, 0.1) is 22.6 Å². The third-order valence-corrected chi connectivity index (χ3v) is 3.04. The minimum absolute atomic E-state index is 0.0464. The maximum absolute atomic E-state index is 13.4.